The van der Waals surface area contributed by atoms with Gasteiger partial charge in [-0.1, -0.05) is 49.1 Å². The van der Waals surface area contributed by atoms with Gasteiger partial charge in [-0.3, -0.25) is 4.79 Å². The highest BCUT2D eigenvalue weighted by molar-refractivity contribution is 5.94. The smallest absolute Gasteiger partial charge is 0.159 e. The largest absolute Gasteiger partial charge is 0.295 e. The lowest BCUT2D eigenvalue weighted by atomic mass is 10.1. The van der Waals surface area contributed by atoms with Gasteiger partial charge in [0.25, 0.3) is 0 Å². The molecule has 1 aromatic rings. The van der Waals surface area contributed by atoms with E-state index in [1.807, 2.05) is 36.4 Å². The zero-order valence-electron chi connectivity index (χ0n) is 7.66. The summed E-state index contributed by atoms with van der Waals surface area (Å²) in [6.45, 7) is 5.14. The molecule has 0 saturated heterocycles. The minimum Gasteiger partial charge on any atom is -0.295 e. The first-order valence-corrected chi connectivity index (χ1v) is 4.14. The number of ketones is 1. The fourth-order valence-corrected chi connectivity index (χ4v) is 1.01. The van der Waals surface area contributed by atoms with E-state index in [1.165, 1.54) is 0 Å². The summed E-state index contributed by atoms with van der Waals surface area (Å²) in [4.78, 5) is 10.9. The van der Waals surface area contributed by atoms with Gasteiger partial charge in [0, 0.05) is 5.56 Å². The van der Waals surface area contributed by atoms with Gasteiger partial charge in [0.15, 0.2) is 5.78 Å². The summed E-state index contributed by atoms with van der Waals surface area (Å²) in [5.74, 6) is 0.0965. The van der Waals surface area contributed by atoms with Crippen molar-refractivity contribution in [2.24, 2.45) is 0 Å². The van der Waals surface area contributed by atoms with Crippen LogP contribution in [0.15, 0.2) is 43.0 Å². The van der Waals surface area contributed by atoms with E-state index in [0.29, 0.717) is 0 Å². The maximum absolute atomic E-state index is 10.9. The summed E-state index contributed by atoms with van der Waals surface area (Å²) in [6, 6.07) is 7.48. The number of carbonyl (C=O) groups is 1. The molecular weight excluding hydrogens is 160 g/mol. The molecule has 0 aliphatic rings. The first kappa shape index (κ1) is 9.46. The van der Waals surface area contributed by atoms with E-state index < -0.39 is 0 Å². The van der Waals surface area contributed by atoms with E-state index in [-0.39, 0.29) is 5.78 Å². The lowest BCUT2D eigenvalue weighted by molar-refractivity contribution is 0.101. The van der Waals surface area contributed by atoms with Crippen molar-refractivity contribution in [2.75, 3.05) is 0 Å². The molecule has 1 aromatic carbocycles. The maximum Gasteiger partial charge on any atom is 0.159 e. The van der Waals surface area contributed by atoms with Crippen molar-refractivity contribution >= 4 is 11.9 Å². The molecule has 0 saturated carbocycles. The molecule has 0 atom stereocenters. The van der Waals surface area contributed by atoms with Gasteiger partial charge in [0.05, 0.1) is 0 Å². The highest BCUT2D eigenvalue weighted by Gasteiger charge is 1.96. The molecule has 0 bridgehead atoms. The zero-order valence-corrected chi connectivity index (χ0v) is 7.66. The molecule has 1 nitrogen and oxygen atoms in total. The summed E-state index contributed by atoms with van der Waals surface area (Å²) in [7, 11) is 0. The molecule has 66 valence electrons. The van der Waals surface area contributed by atoms with Gasteiger partial charge in [-0.05, 0) is 12.5 Å². The molecule has 0 aromatic heterocycles. The van der Waals surface area contributed by atoms with Crippen molar-refractivity contribution in [3.63, 3.8) is 0 Å². The number of Topliss-reactive ketones (excluding diaryl/α,β-unsaturated/α-hetero) is 1. The molecule has 0 unspecified atom stereocenters. The van der Waals surface area contributed by atoms with Gasteiger partial charge < -0.3 is 0 Å². The Hall–Kier alpha value is -1.63. The number of carbonyl (C=O) groups excluding carboxylic acids is 1. The second-order valence-electron chi connectivity index (χ2n) is 2.77. The van der Waals surface area contributed by atoms with Crippen LogP contribution in [-0.4, -0.2) is 5.78 Å². The van der Waals surface area contributed by atoms with Gasteiger partial charge in [0.1, 0.15) is 0 Å². The summed E-state index contributed by atoms with van der Waals surface area (Å²) in [5.41, 5.74) is 1.82. The van der Waals surface area contributed by atoms with Crippen molar-refractivity contribution < 1.29 is 4.79 Å². The maximum atomic E-state index is 10.9. The second kappa shape index (κ2) is 4.41. The zero-order chi connectivity index (χ0) is 9.68. The Morgan fingerprint density at radius 2 is 1.92 bits per heavy atom. The lowest BCUT2D eigenvalue weighted by Crippen LogP contribution is -1.90. The summed E-state index contributed by atoms with van der Waals surface area (Å²) < 4.78 is 0. The predicted octanol–water partition coefficient (Wildman–Crippen LogP) is 3.09. The van der Waals surface area contributed by atoms with Crippen molar-refractivity contribution in [2.45, 2.75) is 6.92 Å². The fraction of sp³-hybridized carbons (Fsp3) is 0.0833. The Labute approximate surface area is 78.4 Å². The third kappa shape index (κ3) is 2.71. The second-order valence-corrected chi connectivity index (χ2v) is 2.77. The monoisotopic (exact) mass is 172 g/mol. The van der Waals surface area contributed by atoms with Crippen LogP contribution in [0.5, 0.6) is 0 Å². The van der Waals surface area contributed by atoms with Gasteiger partial charge in [-0.25, -0.2) is 0 Å². The van der Waals surface area contributed by atoms with Crippen LogP contribution in [0.25, 0.3) is 6.08 Å². The fourth-order valence-electron chi connectivity index (χ4n) is 1.01. The number of allylic oxidation sites excluding steroid dienone is 2. The van der Waals surface area contributed by atoms with E-state index in [2.05, 4.69) is 6.58 Å². The highest BCUT2D eigenvalue weighted by Crippen LogP contribution is 2.06. The highest BCUT2D eigenvalue weighted by atomic mass is 16.1. The standard InChI is InChI=1S/C12H12O/c1-3-4-5-11-6-8-12(9-7-11)10(2)13/h3-9H,1H2,2H3/b5-4+. The van der Waals surface area contributed by atoms with Crippen molar-refractivity contribution in [3.8, 4) is 0 Å². The quantitative estimate of drug-likeness (QED) is 0.505. The van der Waals surface area contributed by atoms with E-state index in [1.54, 1.807) is 13.0 Å². The molecule has 0 spiro atoms. The molecular formula is C12H12O. The van der Waals surface area contributed by atoms with Crippen molar-refractivity contribution in [3.05, 3.63) is 54.1 Å². The molecule has 0 N–H and O–H groups in total. The number of hydrogen-bond acceptors (Lipinski definition) is 1. The Morgan fingerprint density at radius 1 is 1.31 bits per heavy atom. The minimum absolute atomic E-state index is 0.0965. The van der Waals surface area contributed by atoms with Crippen LogP contribution >= 0.6 is 0 Å². The van der Waals surface area contributed by atoms with Crippen LogP contribution in [0.1, 0.15) is 22.8 Å². The van der Waals surface area contributed by atoms with Crippen molar-refractivity contribution in [1.82, 2.24) is 0 Å². The average Bonchev–Trinajstić information content (AvgIpc) is 2.15. The van der Waals surface area contributed by atoms with E-state index in [9.17, 15) is 4.79 Å². The van der Waals surface area contributed by atoms with Gasteiger partial charge in [-0.2, -0.15) is 0 Å². The SMILES string of the molecule is C=C/C=C/c1ccc(C(C)=O)cc1. The topological polar surface area (TPSA) is 17.1 Å². The van der Waals surface area contributed by atoms with E-state index >= 15 is 0 Å². The van der Waals surface area contributed by atoms with Crippen molar-refractivity contribution in [1.29, 1.82) is 0 Å². The van der Waals surface area contributed by atoms with Crippen LogP contribution in [-0.2, 0) is 0 Å². The van der Waals surface area contributed by atoms with Gasteiger partial charge in [0.2, 0.25) is 0 Å². The molecule has 0 aliphatic carbocycles. The normalized spacial score (nSPS) is 10.2. The summed E-state index contributed by atoms with van der Waals surface area (Å²) in [5, 5.41) is 0. The third-order valence-corrected chi connectivity index (χ3v) is 1.74. The van der Waals surface area contributed by atoms with Crippen LogP contribution < -0.4 is 0 Å². The molecule has 13 heavy (non-hydrogen) atoms. The Bertz CT molecular complexity index is 331. The third-order valence-electron chi connectivity index (χ3n) is 1.74. The first-order valence-electron chi connectivity index (χ1n) is 4.14. The number of hydrogen-bond donors (Lipinski definition) is 0. The summed E-state index contributed by atoms with van der Waals surface area (Å²) >= 11 is 0. The van der Waals surface area contributed by atoms with Crippen LogP contribution in [0.2, 0.25) is 0 Å². The lowest BCUT2D eigenvalue weighted by Gasteiger charge is -1.95. The average molecular weight is 172 g/mol. The number of rotatable bonds is 3. The Balaban J connectivity index is 2.87. The van der Waals surface area contributed by atoms with Gasteiger partial charge in [-0.15, -0.1) is 0 Å². The molecule has 0 fully saturated rings. The molecule has 1 rings (SSSR count). The summed E-state index contributed by atoms with van der Waals surface area (Å²) in [6.07, 6.45) is 5.53. The molecule has 0 heterocycles. The van der Waals surface area contributed by atoms with E-state index in [4.69, 9.17) is 0 Å². The Morgan fingerprint density at radius 3 is 2.38 bits per heavy atom. The number of benzene rings is 1. The predicted molar refractivity (Wildman–Crippen MR) is 55.7 cm³/mol. The van der Waals surface area contributed by atoms with Crippen LogP contribution in [0, 0.1) is 0 Å². The van der Waals surface area contributed by atoms with Crippen LogP contribution in [0.3, 0.4) is 0 Å². The molecule has 0 amide bonds. The molecule has 0 aliphatic heterocycles. The Kier molecular flexibility index (Phi) is 3.21. The van der Waals surface area contributed by atoms with Crippen LogP contribution in [0.4, 0.5) is 0 Å². The first-order chi connectivity index (χ1) is 6.24. The van der Waals surface area contributed by atoms with E-state index in [0.717, 1.165) is 11.1 Å². The molecule has 0 radical (unpaired) electrons. The molecule has 1 heteroatoms. The van der Waals surface area contributed by atoms with Gasteiger partial charge >= 0.3 is 0 Å². The minimum atomic E-state index is 0.0965.